The van der Waals surface area contributed by atoms with Crippen LogP contribution in [0.5, 0.6) is 0 Å². The van der Waals surface area contributed by atoms with Gasteiger partial charge in [-0.05, 0) is 26.0 Å². The minimum Gasteiger partial charge on any atom is -0.478 e. The predicted octanol–water partition coefficient (Wildman–Crippen LogP) is 1.58. The van der Waals surface area contributed by atoms with E-state index >= 15 is 0 Å². The van der Waals surface area contributed by atoms with E-state index < -0.39 is 5.97 Å². The van der Waals surface area contributed by atoms with Gasteiger partial charge in [0.15, 0.2) is 0 Å². The van der Waals surface area contributed by atoms with Gasteiger partial charge < -0.3 is 9.67 Å². The Morgan fingerprint density at radius 2 is 2.18 bits per heavy atom. The number of hydrogen-bond acceptors (Lipinski definition) is 2. The SMILES string of the molecule is Cc1cc(C(=O)O)c(C)n1Cc1ccnn1C. The standard InChI is InChI=1S/C12H15N3O2/c1-8-6-11(12(16)17)9(2)15(8)7-10-4-5-13-14(10)3/h4-6H,7H2,1-3H3,(H,16,17). The van der Waals surface area contributed by atoms with Crippen LogP contribution in [-0.2, 0) is 13.6 Å². The smallest absolute Gasteiger partial charge is 0.337 e. The molecule has 2 rings (SSSR count). The van der Waals surface area contributed by atoms with Crippen molar-refractivity contribution in [3.8, 4) is 0 Å². The predicted molar refractivity (Wildman–Crippen MR) is 63.2 cm³/mol. The molecular formula is C12H15N3O2. The summed E-state index contributed by atoms with van der Waals surface area (Å²) in [6, 6.07) is 3.63. The van der Waals surface area contributed by atoms with E-state index in [0.29, 0.717) is 12.1 Å². The molecule has 0 aliphatic rings. The number of rotatable bonds is 3. The minimum absolute atomic E-state index is 0.365. The molecule has 0 saturated carbocycles. The van der Waals surface area contributed by atoms with Gasteiger partial charge in [0, 0.05) is 24.6 Å². The van der Waals surface area contributed by atoms with Crippen LogP contribution in [0.15, 0.2) is 18.3 Å². The number of hydrogen-bond donors (Lipinski definition) is 1. The molecule has 0 aliphatic carbocycles. The zero-order valence-electron chi connectivity index (χ0n) is 10.1. The van der Waals surface area contributed by atoms with Crippen LogP contribution in [-0.4, -0.2) is 25.4 Å². The normalized spacial score (nSPS) is 10.8. The first-order chi connectivity index (χ1) is 8.00. The highest BCUT2D eigenvalue weighted by Gasteiger charge is 2.15. The van der Waals surface area contributed by atoms with Gasteiger partial charge in [-0.25, -0.2) is 4.79 Å². The fourth-order valence-electron chi connectivity index (χ4n) is 1.98. The number of nitrogens with zero attached hydrogens (tertiary/aromatic N) is 3. The molecule has 0 radical (unpaired) electrons. The molecule has 0 aromatic carbocycles. The van der Waals surface area contributed by atoms with Gasteiger partial charge in [-0.15, -0.1) is 0 Å². The van der Waals surface area contributed by atoms with Crippen LogP contribution in [0.1, 0.15) is 27.4 Å². The molecule has 90 valence electrons. The van der Waals surface area contributed by atoms with Gasteiger partial charge in [-0.1, -0.05) is 0 Å². The Kier molecular flexibility index (Phi) is 2.75. The maximum absolute atomic E-state index is 11.0. The van der Waals surface area contributed by atoms with Gasteiger partial charge in [0.2, 0.25) is 0 Å². The zero-order chi connectivity index (χ0) is 12.6. The van der Waals surface area contributed by atoms with Crippen molar-refractivity contribution in [3.63, 3.8) is 0 Å². The van der Waals surface area contributed by atoms with Crippen molar-refractivity contribution in [2.24, 2.45) is 7.05 Å². The summed E-state index contributed by atoms with van der Waals surface area (Å²) in [6.07, 6.45) is 1.74. The Bertz CT molecular complexity index is 566. The summed E-state index contributed by atoms with van der Waals surface area (Å²) in [6.45, 7) is 4.38. The summed E-state index contributed by atoms with van der Waals surface area (Å²) in [7, 11) is 1.88. The van der Waals surface area contributed by atoms with Gasteiger partial charge in [0.25, 0.3) is 0 Å². The highest BCUT2D eigenvalue weighted by Crippen LogP contribution is 2.16. The summed E-state index contributed by atoms with van der Waals surface area (Å²) in [5.41, 5.74) is 3.13. The maximum atomic E-state index is 11.0. The fraction of sp³-hybridized carbons (Fsp3) is 0.333. The molecule has 0 spiro atoms. The van der Waals surface area contributed by atoms with E-state index in [1.54, 1.807) is 16.9 Å². The van der Waals surface area contributed by atoms with E-state index in [1.165, 1.54) is 0 Å². The Morgan fingerprint density at radius 3 is 2.65 bits per heavy atom. The van der Waals surface area contributed by atoms with Crippen molar-refractivity contribution in [1.82, 2.24) is 14.3 Å². The largest absolute Gasteiger partial charge is 0.478 e. The lowest BCUT2D eigenvalue weighted by Crippen LogP contribution is -2.09. The van der Waals surface area contributed by atoms with Gasteiger partial charge in [-0.2, -0.15) is 5.10 Å². The Morgan fingerprint density at radius 1 is 1.47 bits per heavy atom. The van der Waals surface area contributed by atoms with Crippen LogP contribution < -0.4 is 0 Å². The molecule has 2 heterocycles. The van der Waals surface area contributed by atoms with Crippen LogP contribution in [0.4, 0.5) is 0 Å². The van der Waals surface area contributed by atoms with E-state index in [-0.39, 0.29) is 0 Å². The third-order valence-electron chi connectivity index (χ3n) is 3.05. The first-order valence-electron chi connectivity index (χ1n) is 5.37. The van der Waals surface area contributed by atoms with Gasteiger partial charge in [0.05, 0.1) is 17.8 Å². The van der Waals surface area contributed by atoms with Crippen molar-refractivity contribution in [2.75, 3.05) is 0 Å². The van der Waals surface area contributed by atoms with Crippen LogP contribution >= 0.6 is 0 Å². The number of aromatic nitrogens is 3. The second kappa shape index (κ2) is 4.08. The summed E-state index contributed by atoms with van der Waals surface area (Å²) >= 11 is 0. The topological polar surface area (TPSA) is 60.0 Å². The molecule has 0 unspecified atom stereocenters. The van der Waals surface area contributed by atoms with Crippen molar-refractivity contribution in [2.45, 2.75) is 20.4 Å². The second-order valence-electron chi connectivity index (χ2n) is 4.12. The van der Waals surface area contributed by atoms with Gasteiger partial charge in [-0.3, -0.25) is 4.68 Å². The molecule has 0 aliphatic heterocycles. The number of aromatic carboxylic acids is 1. The number of carboxylic acid groups (broad SMARTS) is 1. The lowest BCUT2D eigenvalue weighted by molar-refractivity contribution is 0.0696. The highest BCUT2D eigenvalue weighted by molar-refractivity contribution is 5.89. The lowest BCUT2D eigenvalue weighted by atomic mass is 10.2. The molecule has 0 atom stereocenters. The van der Waals surface area contributed by atoms with Crippen molar-refractivity contribution >= 4 is 5.97 Å². The Hall–Kier alpha value is -2.04. The van der Waals surface area contributed by atoms with E-state index in [1.807, 2.05) is 31.5 Å². The van der Waals surface area contributed by atoms with E-state index in [9.17, 15) is 4.79 Å². The summed E-state index contributed by atoms with van der Waals surface area (Å²) in [5.74, 6) is -0.880. The molecule has 5 nitrogen and oxygen atoms in total. The van der Waals surface area contributed by atoms with Crippen LogP contribution in [0.25, 0.3) is 0 Å². The third kappa shape index (κ3) is 1.95. The van der Waals surface area contributed by atoms with Crippen molar-refractivity contribution in [1.29, 1.82) is 0 Å². The minimum atomic E-state index is -0.880. The Labute approximate surface area is 99.3 Å². The molecule has 0 bridgehead atoms. The van der Waals surface area contributed by atoms with E-state index in [2.05, 4.69) is 5.10 Å². The first-order valence-corrected chi connectivity index (χ1v) is 5.37. The number of carboxylic acids is 1. The molecule has 2 aromatic heterocycles. The monoisotopic (exact) mass is 233 g/mol. The van der Waals surface area contributed by atoms with Crippen molar-refractivity contribution in [3.05, 3.63) is 41.0 Å². The Balaban J connectivity index is 2.40. The second-order valence-corrected chi connectivity index (χ2v) is 4.12. The zero-order valence-corrected chi connectivity index (χ0v) is 10.1. The van der Waals surface area contributed by atoms with E-state index in [0.717, 1.165) is 17.1 Å². The average Bonchev–Trinajstić information content (AvgIpc) is 2.77. The number of aryl methyl sites for hydroxylation is 2. The summed E-state index contributed by atoms with van der Waals surface area (Å²) < 4.78 is 3.78. The van der Waals surface area contributed by atoms with Crippen molar-refractivity contribution < 1.29 is 9.90 Å². The average molecular weight is 233 g/mol. The quantitative estimate of drug-likeness (QED) is 0.875. The molecule has 0 amide bonds. The molecule has 5 heteroatoms. The number of carbonyl (C=O) groups is 1. The third-order valence-corrected chi connectivity index (χ3v) is 3.05. The van der Waals surface area contributed by atoms with Crippen LogP contribution in [0.2, 0.25) is 0 Å². The maximum Gasteiger partial charge on any atom is 0.337 e. The highest BCUT2D eigenvalue weighted by atomic mass is 16.4. The summed E-state index contributed by atoms with van der Waals surface area (Å²) in [4.78, 5) is 11.0. The molecule has 0 fully saturated rings. The molecule has 2 aromatic rings. The summed E-state index contributed by atoms with van der Waals surface area (Å²) in [5, 5.41) is 13.2. The lowest BCUT2D eigenvalue weighted by Gasteiger charge is -2.09. The van der Waals surface area contributed by atoms with Crippen LogP contribution in [0.3, 0.4) is 0 Å². The van der Waals surface area contributed by atoms with E-state index in [4.69, 9.17) is 5.11 Å². The molecule has 17 heavy (non-hydrogen) atoms. The molecule has 1 N–H and O–H groups in total. The van der Waals surface area contributed by atoms with Gasteiger partial charge in [0.1, 0.15) is 0 Å². The fourth-order valence-corrected chi connectivity index (χ4v) is 1.98. The molecule has 0 saturated heterocycles. The molecular weight excluding hydrogens is 218 g/mol. The first kappa shape index (κ1) is 11.4. The van der Waals surface area contributed by atoms with Gasteiger partial charge >= 0.3 is 5.97 Å². The van der Waals surface area contributed by atoms with Crippen LogP contribution in [0, 0.1) is 13.8 Å².